The third kappa shape index (κ3) is 7.41. The van der Waals surface area contributed by atoms with E-state index < -0.39 is 0 Å². The van der Waals surface area contributed by atoms with Crippen molar-refractivity contribution in [3.05, 3.63) is 30.1 Å². The van der Waals surface area contributed by atoms with Crippen LogP contribution in [0.25, 0.3) is 0 Å². The van der Waals surface area contributed by atoms with Crippen molar-refractivity contribution < 1.29 is 0 Å². The molecule has 102 valence electrons. The quantitative estimate of drug-likeness (QED) is 0.752. The van der Waals surface area contributed by atoms with E-state index in [4.69, 9.17) is 0 Å². The third-order valence-corrected chi connectivity index (χ3v) is 2.90. The summed E-state index contributed by atoms with van der Waals surface area (Å²) < 4.78 is 0. The Bertz CT molecular complexity index is 316. The Labute approximate surface area is 112 Å². The molecule has 0 atom stereocenters. The summed E-state index contributed by atoms with van der Waals surface area (Å²) in [5.41, 5.74) is 1.60. The first kappa shape index (κ1) is 15.1. The lowest BCUT2D eigenvalue weighted by atomic mass is 10.1. The third-order valence-electron chi connectivity index (χ3n) is 2.90. The first-order chi connectivity index (χ1) is 8.47. The van der Waals surface area contributed by atoms with Crippen molar-refractivity contribution in [1.29, 1.82) is 0 Å². The van der Waals surface area contributed by atoms with Gasteiger partial charge < -0.3 is 10.2 Å². The van der Waals surface area contributed by atoms with Gasteiger partial charge in [-0.05, 0) is 71.4 Å². The number of nitrogens with zero attached hydrogens (tertiary/aromatic N) is 2. The standard InChI is InChI=1S/C15H27N3/c1-15(2,3)17-9-5-12-18(4)13-8-14-6-10-16-11-7-14/h6-7,10-11,17H,5,8-9,12-13H2,1-4H3. The molecule has 0 amide bonds. The molecule has 0 radical (unpaired) electrons. The van der Waals surface area contributed by atoms with Gasteiger partial charge in [-0.2, -0.15) is 0 Å². The summed E-state index contributed by atoms with van der Waals surface area (Å²) in [7, 11) is 2.19. The Kier molecular flexibility index (Phi) is 6.30. The van der Waals surface area contributed by atoms with Gasteiger partial charge in [-0.15, -0.1) is 0 Å². The highest BCUT2D eigenvalue weighted by molar-refractivity contribution is 5.09. The molecule has 0 aromatic carbocycles. The van der Waals surface area contributed by atoms with Gasteiger partial charge in [0.05, 0.1) is 0 Å². The van der Waals surface area contributed by atoms with Crippen LogP contribution in [-0.4, -0.2) is 42.1 Å². The van der Waals surface area contributed by atoms with E-state index in [0.29, 0.717) is 0 Å². The number of pyridine rings is 1. The number of likely N-dealkylation sites (N-methyl/N-ethyl adjacent to an activating group) is 1. The summed E-state index contributed by atoms with van der Waals surface area (Å²) in [6.45, 7) is 9.97. The summed E-state index contributed by atoms with van der Waals surface area (Å²) in [6.07, 6.45) is 6.03. The van der Waals surface area contributed by atoms with Crippen molar-refractivity contribution in [1.82, 2.24) is 15.2 Å². The first-order valence-electron chi connectivity index (χ1n) is 6.80. The van der Waals surface area contributed by atoms with Crippen LogP contribution in [0.4, 0.5) is 0 Å². The van der Waals surface area contributed by atoms with E-state index in [1.807, 2.05) is 12.4 Å². The molecule has 1 N–H and O–H groups in total. The van der Waals surface area contributed by atoms with Gasteiger partial charge in [0.1, 0.15) is 0 Å². The van der Waals surface area contributed by atoms with Crippen LogP contribution in [0.15, 0.2) is 24.5 Å². The lowest BCUT2D eigenvalue weighted by molar-refractivity contribution is 0.320. The fourth-order valence-electron chi connectivity index (χ4n) is 1.79. The summed E-state index contributed by atoms with van der Waals surface area (Å²) in [6, 6.07) is 4.18. The molecular weight excluding hydrogens is 222 g/mol. The van der Waals surface area contributed by atoms with Gasteiger partial charge >= 0.3 is 0 Å². The van der Waals surface area contributed by atoms with Gasteiger partial charge in [0.25, 0.3) is 0 Å². The topological polar surface area (TPSA) is 28.2 Å². The summed E-state index contributed by atoms with van der Waals surface area (Å²) in [5, 5.41) is 3.52. The number of hydrogen-bond donors (Lipinski definition) is 1. The summed E-state index contributed by atoms with van der Waals surface area (Å²) in [5.74, 6) is 0. The van der Waals surface area contributed by atoms with E-state index in [1.54, 1.807) is 0 Å². The van der Waals surface area contributed by atoms with Crippen molar-refractivity contribution in [2.45, 2.75) is 39.2 Å². The molecule has 3 nitrogen and oxygen atoms in total. The second-order valence-corrected chi connectivity index (χ2v) is 5.94. The normalized spacial score (nSPS) is 12.1. The molecular formula is C15H27N3. The maximum atomic E-state index is 4.03. The Hall–Kier alpha value is -0.930. The molecule has 1 heterocycles. The van der Waals surface area contributed by atoms with E-state index in [1.165, 1.54) is 12.0 Å². The second kappa shape index (κ2) is 7.49. The van der Waals surface area contributed by atoms with Crippen LogP contribution in [0, 0.1) is 0 Å². The van der Waals surface area contributed by atoms with Crippen LogP contribution in [0.5, 0.6) is 0 Å². The van der Waals surface area contributed by atoms with Gasteiger partial charge in [0.15, 0.2) is 0 Å². The van der Waals surface area contributed by atoms with Crippen LogP contribution < -0.4 is 5.32 Å². The zero-order chi connectivity index (χ0) is 13.4. The smallest absolute Gasteiger partial charge is 0.0270 e. The van der Waals surface area contributed by atoms with Crippen LogP contribution in [0.1, 0.15) is 32.8 Å². The molecule has 0 bridgehead atoms. The van der Waals surface area contributed by atoms with Gasteiger partial charge in [0, 0.05) is 24.5 Å². The lowest BCUT2D eigenvalue weighted by Crippen LogP contribution is -2.37. The Morgan fingerprint density at radius 2 is 1.83 bits per heavy atom. The fourth-order valence-corrected chi connectivity index (χ4v) is 1.79. The maximum Gasteiger partial charge on any atom is 0.0270 e. The van der Waals surface area contributed by atoms with Crippen molar-refractivity contribution in [3.63, 3.8) is 0 Å². The molecule has 1 rings (SSSR count). The van der Waals surface area contributed by atoms with Crippen LogP contribution in [-0.2, 0) is 6.42 Å². The average molecular weight is 249 g/mol. The minimum atomic E-state index is 0.232. The maximum absolute atomic E-state index is 4.03. The molecule has 1 aromatic rings. The number of rotatable bonds is 7. The van der Waals surface area contributed by atoms with Gasteiger partial charge in [-0.25, -0.2) is 0 Å². The molecule has 0 saturated carbocycles. The highest BCUT2D eigenvalue weighted by Gasteiger charge is 2.07. The first-order valence-corrected chi connectivity index (χ1v) is 6.80. The van der Waals surface area contributed by atoms with Crippen molar-refractivity contribution in [2.75, 3.05) is 26.7 Å². The van der Waals surface area contributed by atoms with Crippen LogP contribution in [0.2, 0.25) is 0 Å². The Balaban J connectivity index is 2.09. The number of aromatic nitrogens is 1. The van der Waals surface area contributed by atoms with E-state index in [0.717, 1.165) is 26.1 Å². The predicted molar refractivity (Wildman–Crippen MR) is 77.8 cm³/mol. The van der Waals surface area contributed by atoms with Crippen molar-refractivity contribution in [2.24, 2.45) is 0 Å². The molecule has 0 saturated heterocycles. The van der Waals surface area contributed by atoms with Crippen LogP contribution in [0.3, 0.4) is 0 Å². The molecule has 3 heteroatoms. The molecule has 0 aliphatic carbocycles. The Morgan fingerprint density at radius 3 is 2.44 bits per heavy atom. The summed E-state index contributed by atoms with van der Waals surface area (Å²) >= 11 is 0. The zero-order valence-corrected chi connectivity index (χ0v) is 12.2. The highest BCUT2D eigenvalue weighted by atomic mass is 15.1. The zero-order valence-electron chi connectivity index (χ0n) is 12.2. The Morgan fingerprint density at radius 1 is 1.17 bits per heavy atom. The predicted octanol–water partition coefficient (Wildman–Crippen LogP) is 2.33. The molecule has 1 aromatic heterocycles. The minimum absolute atomic E-state index is 0.232. The molecule has 0 spiro atoms. The van der Waals surface area contributed by atoms with Gasteiger partial charge in [-0.1, -0.05) is 0 Å². The van der Waals surface area contributed by atoms with Crippen molar-refractivity contribution >= 4 is 0 Å². The van der Waals surface area contributed by atoms with Gasteiger partial charge in [-0.3, -0.25) is 4.98 Å². The monoisotopic (exact) mass is 249 g/mol. The number of nitrogens with one attached hydrogen (secondary N) is 1. The van der Waals surface area contributed by atoms with Crippen molar-refractivity contribution in [3.8, 4) is 0 Å². The van der Waals surface area contributed by atoms with E-state index in [-0.39, 0.29) is 5.54 Å². The molecule has 18 heavy (non-hydrogen) atoms. The molecule has 0 aliphatic heterocycles. The second-order valence-electron chi connectivity index (χ2n) is 5.94. The fraction of sp³-hybridized carbons (Fsp3) is 0.667. The van der Waals surface area contributed by atoms with Gasteiger partial charge in [0.2, 0.25) is 0 Å². The molecule has 0 aliphatic rings. The lowest BCUT2D eigenvalue weighted by Gasteiger charge is -2.22. The minimum Gasteiger partial charge on any atom is -0.312 e. The van der Waals surface area contributed by atoms with Crippen LogP contribution >= 0.6 is 0 Å². The SMILES string of the molecule is CN(CCCNC(C)(C)C)CCc1ccncc1. The largest absolute Gasteiger partial charge is 0.312 e. The highest BCUT2D eigenvalue weighted by Crippen LogP contribution is 2.00. The van der Waals surface area contributed by atoms with E-state index in [2.05, 4.69) is 55.2 Å². The van der Waals surface area contributed by atoms with E-state index >= 15 is 0 Å². The average Bonchev–Trinajstić information content (AvgIpc) is 2.32. The van der Waals surface area contributed by atoms with E-state index in [9.17, 15) is 0 Å². The molecule has 0 unspecified atom stereocenters. The number of hydrogen-bond acceptors (Lipinski definition) is 3. The summed E-state index contributed by atoms with van der Waals surface area (Å²) in [4.78, 5) is 6.43. The molecule has 0 fully saturated rings.